The molecular weight excluding hydrogens is 380 g/mol. The zero-order chi connectivity index (χ0) is 21.9. The van der Waals surface area contributed by atoms with E-state index < -0.39 is 0 Å². The van der Waals surface area contributed by atoms with E-state index in [1.54, 1.807) is 5.57 Å². The molecule has 0 saturated heterocycles. The molecular formula is C29H36O2. The van der Waals surface area contributed by atoms with Gasteiger partial charge < -0.3 is 0 Å². The molecule has 0 spiro atoms. The fourth-order valence-corrected chi connectivity index (χ4v) is 8.14. The van der Waals surface area contributed by atoms with Crippen LogP contribution in [0, 0.1) is 36.0 Å². The summed E-state index contributed by atoms with van der Waals surface area (Å²) >= 11 is 0. The standard InChI is InChI=1S/C29H36O2/c1-5-19-15-26-24-12-10-21-14-22(31)11-13-23(21)27(24)25(20-8-6-17(2)7-9-20)16-29(26,4)28(19)18(3)30/h6-9,14,19,24-26,28H,5,10-13,15-16H2,1-4H3/t19-,24?,25?,26?,28?,29?/m1/s1. The molecule has 4 aliphatic rings. The second-order valence-electron chi connectivity index (χ2n) is 11.0. The summed E-state index contributed by atoms with van der Waals surface area (Å²) in [5.74, 6) is 2.92. The first kappa shape index (κ1) is 20.9. The summed E-state index contributed by atoms with van der Waals surface area (Å²) < 4.78 is 0. The summed E-state index contributed by atoms with van der Waals surface area (Å²) in [6.07, 6.45) is 9.05. The van der Waals surface area contributed by atoms with Crippen LogP contribution in [-0.4, -0.2) is 11.6 Å². The van der Waals surface area contributed by atoms with Gasteiger partial charge in [0, 0.05) is 18.3 Å². The van der Waals surface area contributed by atoms with Gasteiger partial charge in [-0.1, -0.05) is 55.7 Å². The average Bonchev–Trinajstić information content (AvgIpc) is 3.05. The van der Waals surface area contributed by atoms with Gasteiger partial charge in [0.25, 0.3) is 0 Å². The molecule has 0 bridgehead atoms. The lowest BCUT2D eigenvalue weighted by Gasteiger charge is -2.52. The van der Waals surface area contributed by atoms with Gasteiger partial charge in [-0.25, -0.2) is 0 Å². The van der Waals surface area contributed by atoms with Crippen LogP contribution in [-0.2, 0) is 9.59 Å². The SMILES string of the molecule is CC[C@@H]1CC2C3CCC4=CC(=O)CCC4=C3C(c3ccc(C)cc3)CC2(C)C1C(C)=O. The summed E-state index contributed by atoms with van der Waals surface area (Å²) in [4.78, 5) is 25.1. The van der Waals surface area contributed by atoms with Crippen molar-refractivity contribution in [1.29, 1.82) is 0 Å². The number of carbonyl (C=O) groups excluding carboxylic acids is 2. The van der Waals surface area contributed by atoms with Gasteiger partial charge in [0.2, 0.25) is 0 Å². The third-order valence-corrected chi connectivity index (χ3v) is 9.35. The maximum atomic E-state index is 12.9. The van der Waals surface area contributed by atoms with Gasteiger partial charge in [0.1, 0.15) is 5.78 Å². The van der Waals surface area contributed by atoms with Gasteiger partial charge in [-0.15, -0.1) is 0 Å². The van der Waals surface area contributed by atoms with Gasteiger partial charge >= 0.3 is 0 Å². The largest absolute Gasteiger partial charge is 0.300 e. The molecule has 164 valence electrons. The van der Waals surface area contributed by atoms with Crippen LogP contribution in [0.2, 0.25) is 0 Å². The zero-order valence-corrected chi connectivity index (χ0v) is 19.5. The van der Waals surface area contributed by atoms with Crippen molar-refractivity contribution in [2.75, 3.05) is 0 Å². The molecule has 2 saturated carbocycles. The van der Waals surface area contributed by atoms with Crippen molar-refractivity contribution in [2.24, 2.45) is 29.1 Å². The quantitative estimate of drug-likeness (QED) is 0.547. The second kappa shape index (κ2) is 7.57. The highest BCUT2D eigenvalue weighted by molar-refractivity contribution is 5.93. The molecule has 31 heavy (non-hydrogen) atoms. The maximum absolute atomic E-state index is 12.9. The predicted octanol–water partition coefficient (Wildman–Crippen LogP) is 6.74. The van der Waals surface area contributed by atoms with E-state index in [2.05, 4.69) is 45.0 Å². The van der Waals surface area contributed by atoms with Crippen LogP contribution in [0.5, 0.6) is 0 Å². The van der Waals surface area contributed by atoms with Crippen LogP contribution in [0.4, 0.5) is 0 Å². The minimum absolute atomic E-state index is 0.0719. The highest BCUT2D eigenvalue weighted by Gasteiger charge is 2.60. The number of ketones is 2. The Balaban J connectivity index is 1.68. The van der Waals surface area contributed by atoms with E-state index in [0.29, 0.717) is 41.7 Å². The molecule has 0 heterocycles. The zero-order valence-electron chi connectivity index (χ0n) is 19.5. The number of hydrogen-bond acceptors (Lipinski definition) is 2. The van der Waals surface area contributed by atoms with Crippen LogP contribution >= 0.6 is 0 Å². The van der Waals surface area contributed by atoms with E-state index in [1.807, 2.05) is 13.0 Å². The molecule has 0 amide bonds. The minimum atomic E-state index is 0.0719. The summed E-state index contributed by atoms with van der Waals surface area (Å²) in [6, 6.07) is 9.10. The average molecular weight is 417 g/mol. The molecule has 0 aliphatic heterocycles. The van der Waals surface area contributed by atoms with E-state index >= 15 is 0 Å². The van der Waals surface area contributed by atoms with Crippen molar-refractivity contribution in [3.05, 3.63) is 58.2 Å². The lowest BCUT2D eigenvalue weighted by molar-refractivity contribution is -0.126. The number of hydrogen-bond donors (Lipinski definition) is 0. The third kappa shape index (κ3) is 3.20. The monoisotopic (exact) mass is 416 g/mol. The first-order chi connectivity index (χ1) is 14.8. The molecule has 2 fully saturated rings. The molecule has 0 N–H and O–H groups in total. The Hall–Kier alpha value is -1.96. The Morgan fingerprint density at radius 3 is 2.55 bits per heavy atom. The van der Waals surface area contributed by atoms with Crippen LogP contribution in [0.25, 0.3) is 0 Å². The third-order valence-electron chi connectivity index (χ3n) is 9.35. The Morgan fingerprint density at radius 2 is 1.87 bits per heavy atom. The van der Waals surface area contributed by atoms with Crippen LogP contribution < -0.4 is 0 Å². The number of Topliss-reactive ketones (excluding diaryl/α,β-unsaturated/α-hetero) is 1. The predicted molar refractivity (Wildman–Crippen MR) is 125 cm³/mol. The Kier molecular flexibility index (Phi) is 5.11. The van der Waals surface area contributed by atoms with Crippen molar-refractivity contribution in [3.8, 4) is 0 Å². The Bertz CT molecular complexity index is 978. The normalized spacial score (nSPS) is 37.1. The van der Waals surface area contributed by atoms with Crippen molar-refractivity contribution in [3.63, 3.8) is 0 Å². The van der Waals surface area contributed by atoms with E-state index in [0.717, 1.165) is 32.1 Å². The van der Waals surface area contributed by atoms with Gasteiger partial charge in [-0.3, -0.25) is 9.59 Å². The van der Waals surface area contributed by atoms with E-state index in [1.165, 1.54) is 28.7 Å². The first-order valence-electron chi connectivity index (χ1n) is 12.4. The molecule has 0 aromatic heterocycles. The van der Waals surface area contributed by atoms with Gasteiger partial charge in [0.15, 0.2) is 5.78 Å². The van der Waals surface area contributed by atoms with Crippen molar-refractivity contribution < 1.29 is 9.59 Å². The second-order valence-corrected chi connectivity index (χ2v) is 11.0. The van der Waals surface area contributed by atoms with Gasteiger partial charge in [-0.2, -0.15) is 0 Å². The lowest BCUT2D eigenvalue weighted by atomic mass is 9.51. The molecule has 2 nitrogen and oxygen atoms in total. The number of allylic oxidation sites excluding steroid dienone is 4. The van der Waals surface area contributed by atoms with Gasteiger partial charge in [0.05, 0.1) is 0 Å². The minimum Gasteiger partial charge on any atom is -0.300 e. The number of carbonyl (C=O) groups is 2. The first-order valence-corrected chi connectivity index (χ1v) is 12.4. The van der Waals surface area contributed by atoms with E-state index in [9.17, 15) is 9.59 Å². The summed E-state index contributed by atoms with van der Waals surface area (Å²) in [5, 5.41) is 0. The highest BCUT2D eigenvalue weighted by Crippen LogP contribution is 2.67. The molecule has 0 radical (unpaired) electrons. The number of aryl methyl sites for hydroxylation is 1. The Labute approximate surface area is 187 Å². The molecule has 1 aromatic rings. The number of fused-ring (bicyclic) bond motifs is 4. The number of rotatable bonds is 3. The fraction of sp³-hybridized carbons (Fsp3) is 0.586. The van der Waals surface area contributed by atoms with Crippen molar-refractivity contribution in [1.82, 2.24) is 0 Å². The van der Waals surface area contributed by atoms with E-state index in [-0.39, 0.29) is 11.3 Å². The van der Waals surface area contributed by atoms with E-state index in [4.69, 9.17) is 0 Å². The summed E-state index contributed by atoms with van der Waals surface area (Å²) in [5.41, 5.74) is 7.22. The summed E-state index contributed by atoms with van der Waals surface area (Å²) in [7, 11) is 0. The highest BCUT2D eigenvalue weighted by atomic mass is 16.1. The summed E-state index contributed by atoms with van der Waals surface area (Å²) in [6.45, 7) is 8.70. The smallest absolute Gasteiger partial charge is 0.156 e. The van der Waals surface area contributed by atoms with Crippen molar-refractivity contribution in [2.45, 2.75) is 78.6 Å². The molecule has 1 aromatic carbocycles. The molecule has 4 aliphatic carbocycles. The maximum Gasteiger partial charge on any atom is 0.156 e. The van der Waals surface area contributed by atoms with Crippen LogP contribution in [0.1, 0.15) is 82.8 Å². The fourth-order valence-electron chi connectivity index (χ4n) is 8.14. The Morgan fingerprint density at radius 1 is 1.13 bits per heavy atom. The topological polar surface area (TPSA) is 34.1 Å². The van der Waals surface area contributed by atoms with Crippen LogP contribution in [0.3, 0.4) is 0 Å². The lowest BCUT2D eigenvalue weighted by Crippen LogP contribution is -2.45. The molecule has 2 heteroatoms. The van der Waals surface area contributed by atoms with Gasteiger partial charge in [-0.05, 0) is 91.9 Å². The van der Waals surface area contributed by atoms with Crippen molar-refractivity contribution >= 4 is 11.6 Å². The number of benzene rings is 1. The molecule has 5 rings (SSSR count). The van der Waals surface area contributed by atoms with Crippen LogP contribution in [0.15, 0.2) is 47.1 Å². The molecule has 6 atom stereocenters. The molecule has 5 unspecified atom stereocenters.